The first-order chi connectivity index (χ1) is 8.49. The molecule has 0 bridgehead atoms. The summed E-state index contributed by atoms with van der Waals surface area (Å²) in [4.78, 5) is 16.5. The van der Waals surface area contributed by atoms with Crippen molar-refractivity contribution in [2.24, 2.45) is 0 Å². The maximum Gasteiger partial charge on any atom is 0.337 e. The molecule has 94 valence electrons. The quantitative estimate of drug-likeness (QED) is 0.840. The van der Waals surface area contributed by atoms with E-state index in [2.05, 4.69) is 9.82 Å². The molecule has 0 fully saturated rings. The lowest BCUT2D eigenvalue weighted by Gasteiger charge is -2.07. The van der Waals surface area contributed by atoms with Crippen molar-refractivity contribution < 1.29 is 18.3 Å². The van der Waals surface area contributed by atoms with Gasteiger partial charge in [0.1, 0.15) is 0 Å². The highest BCUT2D eigenvalue weighted by Gasteiger charge is 2.16. The molecule has 0 aliphatic carbocycles. The maximum absolute atomic E-state index is 11.8. The molecule has 18 heavy (non-hydrogen) atoms. The number of carboxylic acid groups (broad SMARTS) is 1. The van der Waals surface area contributed by atoms with Crippen LogP contribution in [0.4, 0.5) is 0 Å². The standard InChI is InChI=1S/C10H9N3O4S/c14-10(15)8-3-4-9(11-7-8)18(16,17)12-13-5-1-2-6-13/h1-7,12H,(H,14,15). The molecule has 0 amide bonds. The van der Waals surface area contributed by atoms with Gasteiger partial charge in [0.05, 0.1) is 5.56 Å². The molecule has 0 aliphatic rings. The van der Waals surface area contributed by atoms with Gasteiger partial charge in [-0.1, -0.05) is 0 Å². The highest BCUT2D eigenvalue weighted by molar-refractivity contribution is 7.92. The molecule has 8 heteroatoms. The predicted octanol–water partition coefficient (Wildman–Crippen LogP) is 0.514. The van der Waals surface area contributed by atoms with Gasteiger partial charge in [-0.05, 0) is 24.3 Å². The first kappa shape index (κ1) is 12.1. The number of carboxylic acids is 1. The monoisotopic (exact) mass is 267 g/mol. The van der Waals surface area contributed by atoms with Crippen molar-refractivity contribution >= 4 is 16.0 Å². The zero-order valence-corrected chi connectivity index (χ0v) is 9.83. The number of carbonyl (C=O) groups is 1. The maximum atomic E-state index is 11.8. The molecule has 2 rings (SSSR count). The van der Waals surface area contributed by atoms with Crippen LogP contribution in [0.25, 0.3) is 0 Å². The SMILES string of the molecule is O=C(O)c1ccc(S(=O)(=O)Nn2cccc2)nc1. The number of rotatable bonds is 4. The average Bonchev–Trinajstić information content (AvgIpc) is 2.81. The number of aromatic nitrogens is 2. The minimum atomic E-state index is -3.82. The summed E-state index contributed by atoms with van der Waals surface area (Å²) in [7, 11) is -3.82. The van der Waals surface area contributed by atoms with Crippen LogP contribution in [0.2, 0.25) is 0 Å². The van der Waals surface area contributed by atoms with Gasteiger partial charge in [0.15, 0.2) is 5.03 Å². The zero-order valence-electron chi connectivity index (χ0n) is 9.02. The summed E-state index contributed by atoms with van der Waals surface area (Å²) in [5, 5.41) is 8.43. The fourth-order valence-electron chi connectivity index (χ4n) is 1.25. The first-order valence-electron chi connectivity index (χ1n) is 4.84. The minimum Gasteiger partial charge on any atom is -0.478 e. The van der Waals surface area contributed by atoms with E-state index in [0.717, 1.165) is 12.3 Å². The van der Waals surface area contributed by atoms with Crippen molar-refractivity contribution in [1.82, 2.24) is 9.66 Å². The molecule has 2 aromatic heterocycles. The molecular weight excluding hydrogens is 258 g/mol. The number of hydrogen-bond donors (Lipinski definition) is 2. The van der Waals surface area contributed by atoms with Gasteiger partial charge in [0.25, 0.3) is 10.0 Å². The van der Waals surface area contributed by atoms with Crippen LogP contribution in [0.3, 0.4) is 0 Å². The van der Waals surface area contributed by atoms with Crippen molar-refractivity contribution in [2.45, 2.75) is 5.03 Å². The molecule has 0 atom stereocenters. The van der Waals surface area contributed by atoms with Crippen LogP contribution in [-0.2, 0) is 10.0 Å². The number of sulfonamides is 1. The zero-order chi connectivity index (χ0) is 13.2. The van der Waals surface area contributed by atoms with E-state index in [9.17, 15) is 13.2 Å². The Morgan fingerprint density at radius 3 is 2.44 bits per heavy atom. The van der Waals surface area contributed by atoms with Crippen LogP contribution in [-0.4, -0.2) is 29.2 Å². The van der Waals surface area contributed by atoms with Crippen LogP contribution in [0.1, 0.15) is 10.4 Å². The molecule has 0 aromatic carbocycles. The van der Waals surface area contributed by atoms with Gasteiger partial charge in [0, 0.05) is 18.6 Å². The van der Waals surface area contributed by atoms with Crippen molar-refractivity contribution in [3.8, 4) is 0 Å². The second-order valence-corrected chi connectivity index (χ2v) is 4.98. The summed E-state index contributed by atoms with van der Waals surface area (Å²) in [6.45, 7) is 0. The third-order valence-corrected chi connectivity index (χ3v) is 3.33. The van der Waals surface area contributed by atoms with Crippen LogP contribution >= 0.6 is 0 Å². The van der Waals surface area contributed by atoms with E-state index < -0.39 is 16.0 Å². The Morgan fingerprint density at radius 1 is 1.28 bits per heavy atom. The van der Waals surface area contributed by atoms with E-state index in [0.29, 0.717) is 0 Å². The average molecular weight is 267 g/mol. The summed E-state index contributed by atoms with van der Waals surface area (Å²) in [5.41, 5.74) is -0.0742. The Balaban J connectivity index is 2.27. The van der Waals surface area contributed by atoms with Crippen LogP contribution in [0, 0.1) is 0 Å². The highest BCUT2D eigenvalue weighted by Crippen LogP contribution is 2.07. The molecule has 0 saturated heterocycles. The van der Waals surface area contributed by atoms with Gasteiger partial charge < -0.3 is 5.11 Å². The van der Waals surface area contributed by atoms with E-state index >= 15 is 0 Å². The van der Waals surface area contributed by atoms with Crippen molar-refractivity contribution in [1.29, 1.82) is 0 Å². The Morgan fingerprint density at radius 2 is 1.94 bits per heavy atom. The normalized spacial score (nSPS) is 11.1. The van der Waals surface area contributed by atoms with Gasteiger partial charge in [0.2, 0.25) is 0 Å². The lowest BCUT2D eigenvalue weighted by atomic mass is 10.3. The molecule has 2 heterocycles. The predicted molar refractivity (Wildman–Crippen MR) is 62.2 cm³/mol. The topological polar surface area (TPSA) is 101 Å². The lowest BCUT2D eigenvalue weighted by Crippen LogP contribution is -2.22. The molecule has 0 radical (unpaired) electrons. The van der Waals surface area contributed by atoms with Gasteiger partial charge in [-0.25, -0.2) is 14.6 Å². The summed E-state index contributed by atoms with van der Waals surface area (Å²) >= 11 is 0. The van der Waals surface area contributed by atoms with Gasteiger partial charge >= 0.3 is 5.97 Å². The van der Waals surface area contributed by atoms with E-state index in [1.54, 1.807) is 12.1 Å². The number of pyridine rings is 1. The van der Waals surface area contributed by atoms with Gasteiger partial charge in [-0.15, -0.1) is 0 Å². The summed E-state index contributed by atoms with van der Waals surface area (Å²) in [5.74, 6) is -1.16. The number of hydrogen-bond acceptors (Lipinski definition) is 4. The highest BCUT2D eigenvalue weighted by atomic mass is 32.2. The second-order valence-electron chi connectivity index (χ2n) is 3.38. The van der Waals surface area contributed by atoms with Crippen LogP contribution in [0.5, 0.6) is 0 Å². The Labute approximate surface area is 103 Å². The van der Waals surface area contributed by atoms with E-state index in [-0.39, 0.29) is 10.6 Å². The molecule has 2 N–H and O–H groups in total. The molecule has 0 saturated carbocycles. The van der Waals surface area contributed by atoms with Gasteiger partial charge in [-0.2, -0.15) is 8.42 Å². The summed E-state index contributed by atoms with van der Waals surface area (Å²) in [6, 6.07) is 5.63. The fraction of sp³-hybridized carbons (Fsp3) is 0. The molecule has 2 aromatic rings. The number of nitrogens with zero attached hydrogens (tertiary/aromatic N) is 2. The third-order valence-electron chi connectivity index (χ3n) is 2.09. The Kier molecular flexibility index (Phi) is 3.02. The Hall–Kier alpha value is -2.35. The molecule has 0 aliphatic heterocycles. The van der Waals surface area contributed by atoms with E-state index in [1.165, 1.54) is 23.1 Å². The summed E-state index contributed by atoms with van der Waals surface area (Å²) in [6.07, 6.45) is 4.03. The minimum absolute atomic E-state index is 0.0742. The molecule has 0 unspecified atom stereocenters. The summed E-state index contributed by atoms with van der Waals surface area (Å²) < 4.78 is 24.9. The Bertz CT molecular complexity index is 647. The molecular formula is C10H9N3O4S. The largest absolute Gasteiger partial charge is 0.478 e. The van der Waals surface area contributed by atoms with Crippen LogP contribution in [0.15, 0.2) is 47.9 Å². The van der Waals surface area contributed by atoms with E-state index in [1.807, 2.05) is 0 Å². The third kappa shape index (κ3) is 2.48. The van der Waals surface area contributed by atoms with Crippen LogP contribution < -0.4 is 4.83 Å². The van der Waals surface area contributed by atoms with E-state index in [4.69, 9.17) is 5.11 Å². The van der Waals surface area contributed by atoms with Gasteiger partial charge in [-0.3, -0.25) is 4.68 Å². The molecule has 0 spiro atoms. The van der Waals surface area contributed by atoms with Crippen molar-refractivity contribution in [3.05, 3.63) is 48.4 Å². The van der Waals surface area contributed by atoms with Crippen molar-refractivity contribution in [2.75, 3.05) is 4.83 Å². The fourth-order valence-corrected chi connectivity index (χ4v) is 2.18. The number of nitrogens with one attached hydrogen (secondary N) is 1. The smallest absolute Gasteiger partial charge is 0.337 e. The molecule has 7 nitrogen and oxygen atoms in total. The lowest BCUT2D eigenvalue weighted by molar-refractivity contribution is 0.0696. The first-order valence-corrected chi connectivity index (χ1v) is 6.32. The van der Waals surface area contributed by atoms with Crippen molar-refractivity contribution in [3.63, 3.8) is 0 Å². The second kappa shape index (κ2) is 4.49. The number of aromatic carboxylic acids is 1.